The number of benzene rings is 1. The Morgan fingerprint density at radius 3 is 2.00 bits per heavy atom. The summed E-state index contributed by atoms with van der Waals surface area (Å²) in [5.41, 5.74) is 0.174. The predicted molar refractivity (Wildman–Crippen MR) is 78.1 cm³/mol. The molecule has 1 heterocycles. The average molecular weight is 307 g/mol. The molecule has 2 rings (SSSR count). The molecule has 0 fully saturated rings. The third kappa shape index (κ3) is 5.92. The Morgan fingerprint density at radius 1 is 1.06 bits per heavy atom. The van der Waals surface area contributed by atoms with Gasteiger partial charge in [-0.1, -0.05) is 0 Å². The second-order valence-corrected chi connectivity index (χ2v) is 6.23. The van der Waals surface area contributed by atoms with Gasteiger partial charge in [-0.15, -0.1) is 12.4 Å². The molecule has 2 N–H and O–H groups in total. The molecule has 0 spiro atoms. The summed E-state index contributed by atoms with van der Waals surface area (Å²) in [6.45, 7) is 0. The maximum atomic E-state index is 6.97. The Kier molecular flexibility index (Phi) is 8.21. The first-order chi connectivity index (χ1) is 8.11. The Morgan fingerprint density at radius 2 is 1.67 bits per heavy atom. The van der Waals surface area contributed by atoms with Crippen LogP contribution in [0.4, 0.5) is 0 Å². The minimum absolute atomic E-state index is 0. The number of hydrogen-bond donors (Lipinski definition) is 2. The summed E-state index contributed by atoms with van der Waals surface area (Å²) in [6, 6.07) is 10.6. The van der Waals surface area contributed by atoms with Gasteiger partial charge in [0.15, 0.2) is 5.84 Å². The van der Waals surface area contributed by atoms with Crippen molar-refractivity contribution in [1.29, 1.82) is 10.8 Å². The van der Waals surface area contributed by atoms with Crippen molar-refractivity contribution in [2.45, 2.75) is 11.6 Å². The van der Waals surface area contributed by atoms with E-state index in [1.54, 1.807) is 6.08 Å². The molecule has 1 aliphatic rings. The number of nitrogens with one attached hydrogen (secondary N) is 2. The topological polar surface area (TPSA) is 60.1 Å². The SMILES string of the molecule is Cl.N=C1C=CC=NC1=N.[CH3][Fe]([CH3])[c]1ccccc1. The molecular formula is C13H17ClFeN3. The number of amidine groups is 1. The Bertz CT molecular complexity index is 431. The standard InChI is InChI=1S/C6H5.C5H5N3.2CH3.ClH.Fe/c1-2-4-6-5-3-1;6-4-2-1-3-8-5(4)7;;;;/h1-5H;1-3,6-7H;2*1H3;1H;. The molecule has 0 saturated carbocycles. The zero-order valence-electron chi connectivity index (χ0n) is 10.3. The Labute approximate surface area is 118 Å². The van der Waals surface area contributed by atoms with E-state index in [1.165, 1.54) is 16.8 Å². The summed E-state index contributed by atoms with van der Waals surface area (Å²) in [6.07, 6.45) is 4.68. The molecule has 5 heteroatoms. The minimum atomic E-state index is -0.0539. The van der Waals surface area contributed by atoms with E-state index in [0.717, 1.165) is 0 Å². The van der Waals surface area contributed by atoms with Crippen molar-refractivity contribution in [3.63, 3.8) is 0 Å². The zero-order chi connectivity index (χ0) is 12.7. The van der Waals surface area contributed by atoms with E-state index in [1.807, 2.05) is 0 Å². The van der Waals surface area contributed by atoms with Crippen LogP contribution in [0.15, 0.2) is 47.5 Å². The summed E-state index contributed by atoms with van der Waals surface area (Å²) in [5, 5.41) is 13.9. The van der Waals surface area contributed by atoms with Gasteiger partial charge in [0.1, 0.15) is 0 Å². The first-order valence-corrected chi connectivity index (χ1v) is 7.74. The summed E-state index contributed by atoms with van der Waals surface area (Å²) < 4.78 is 1.50. The fraction of sp³-hybridized carbons (Fsp3) is 0.154. The van der Waals surface area contributed by atoms with E-state index in [9.17, 15) is 0 Å². The van der Waals surface area contributed by atoms with Gasteiger partial charge in [0, 0.05) is 6.21 Å². The van der Waals surface area contributed by atoms with E-state index < -0.39 is 0 Å². The number of hydrogen-bond acceptors (Lipinski definition) is 2. The molecule has 1 aromatic carbocycles. The van der Waals surface area contributed by atoms with E-state index >= 15 is 0 Å². The predicted octanol–water partition coefficient (Wildman–Crippen LogP) is 3.07. The van der Waals surface area contributed by atoms with Gasteiger partial charge >= 0.3 is 60.3 Å². The second-order valence-electron chi connectivity index (χ2n) is 3.39. The van der Waals surface area contributed by atoms with Crippen molar-refractivity contribution in [2.24, 2.45) is 4.99 Å². The van der Waals surface area contributed by atoms with Crippen LogP contribution >= 0.6 is 12.4 Å². The van der Waals surface area contributed by atoms with Gasteiger partial charge < -0.3 is 0 Å². The molecule has 0 bridgehead atoms. The van der Waals surface area contributed by atoms with Crippen LogP contribution in [0.1, 0.15) is 0 Å². The fourth-order valence-corrected chi connectivity index (χ4v) is 2.00. The summed E-state index contributed by atoms with van der Waals surface area (Å²) in [4.78, 5) is 3.56. The number of aliphatic imine (C=N–C) groups is 1. The zero-order valence-corrected chi connectivity index (χ0v) is 12.2. The summed E-state index contributed by atoms with van der Waals surface area (Å²) in [5.74, 6) is 4.61. The van der Waals surface area contributed by atoms with Crippen LogP contribution < -0.4 is 4.46 Å². The third-order valence-corrected chi connectivity index (χ3v) is 3.58. The Balaban J connectivity index is 0.000000306. The first-order valence-electron chi connectivity index (χ1n) is 4.98. The van der Waals surface area contributed by atoms with Crippen LogP contribution in [-0.4, -0.2) is 17.8 Å². The van der Waals surface area contributed by atoms with Gasteiger partial charge in [0.25, 0.3) is 0 Å². The monoisotopic (exact) mass is 306 g/mol. The van der Waals surface area contributed by atoms with Crippen molar-refractivity contribution < 1.29 is 13.9 Å². The number of rotatable bonds is 1. The third-order valence-electron chi connectivity index (χ3n) is 1.94. The van der Waals surface area contributed by atoms with Crippen LogP contribution in [0.2, 0.25) is 11.6 Å². The van der Waals surface area contributed by atoms with Crippen molar-refractivity contribution in [3.8, 4) is 0 Å². The van der Waals surface area contributed by atoms with Crippen LogP contribution in [0.5, 0.6) is 0 Å². The number of allylic oxidation sites excluding steroid dienone is 1. The maximum absolute atomic E-state index is 6.97. The van der Waals surface area contributed by atoms with Crippen molar-refractivity contribution in [3.05, 3.63) is 42.5 Å². The molecule has 0 saturated heterocycles. The fourth-order valence-electron chi connectivity index (χ4n) is 1.05. The van der Waals surface area contributed by atoms with Crippen LogP contribution in [0, 0.1) is 10.8 Å². The Hall–Kier alpha value is -1.22. The normalized spacial score (nSPS) is 13.3. The molecule has 0 amide bonds. The van der Waals surface area contributed by atoms with Gasteiger partial charge in [-0.25, -0.2) is 4.99 Å². The molecule has 18 heavy (non-hydrogen) atoms. The van der Waals surface area contributed by atoms with E-state index in [0.29, 0.717) is 0 Å². The van der Waals surface area contributed by atoms with E-state index in [4.69, 9.17) is 10.8 Å². The molecule has 0 aromatic heterocycles. The first kappa shape index (κ1) is 16.8. The molecular weight excluding hydrogens is 289 g/mol. The molecule has 0 radical (unpaired) electrons. The number of nitrogens with zero attached hydrogens (tertiary/aromatic N) is 1. The molecule has 0 aliphatic carbocycles. The van der Waals surface area contributed by atoms with Crippen molar-refractivity contribution in [2.75, 3.05) is 0 Å². The quantitative estimate of drug-likeness (QED) is 0.749. The molecule has 0 atom stereocenters. The second kappa shape index (κ2) is 8.81. The van der Waals surface area contributed by atoms with Crippen LogP contribution in [-0.2, 0) is 13.9 Å². The summed E-state index contributed by atoms with van der Waals surface area (Å²) in [7, 11) is 0. The van der Waals surface area contributed by atoms with Crippen LogP contribution in [0.3, 0.4) is 0 Å². The van der Waals surface area contributed by atoms with E-state index in [-0.39, 0.29) is 37.9 Å². The van der Waals surface area contributed by atoms with Gasteiger partial charge in [-0.2, -0.15) is 0 Å². The molecule has 1 aliphatic heterocycles. The number of halogens is 1. The van der Waals surface area contributed by atoms with Crippen molar-refractivity contribution >= 4 is 34.6 Å². The van der Waals surface area contributed by atoms with Crippen LogP contribution in [0.25, 0.3) is 0 Å². The average Bonchev–Trinajstić information content (AvgIpc) is 2.35. The van der Waals surface area contributed by atoms with Crippen molar-refractivity contribution in [1.82, 2.24) is 0 Å². The van der Waals surface area contributed by atoms with Gasteiger partial charge in [0.05, 0.1) is 5.71 Å². The number of dihydropyridines is 1. The summed E-state index contributed by atoms with van der Waals surface area (Å²) >= 11 is -0.0539. The molecule has 1 aromatic rings. The molecule has 0 unspecified atom stereocenters. The van der Waals surface area contributed by atoms with Gasteiger partial charge in [0.2, 0.25) is 0 Å². The molecule has 3 nitrogen and oxygen atoms in total. The van der Waals surface area contributed by atoms with Gasteiger partial charge in [-0.05, 0) is 12.2 Å². The van der Waals surface area contributed by atoms with Gasteiger partial charge in [-0.3, -0.25) is 10.8 Å². The van der Waals surface area contributed by atoms with E-state index in [2.05, 4.69) is 47.0 Å². The molecule has 99 valence electrons.